The summed E-state index contributed by atoms with van der Waals surface area (Å²) in [6.45, 7) is 6.41. The van der Waals surface area contributed by atoms with E-state index in [-0.39, 0.29) is 0 Å². The highest BCUT2D eigenvalue weighted by molar-refractivity contribution is 5.54. The minimum absolute atomic E-state index is 0.716. The van der Waals surface area contributed by atoms with Crippen LogP contribution in [0.5, 0.6) is 11.5 Å². The molecule has 0 radical (unpaired) electrons. The zero-order valence-electron chi connectivity index (χ0n) is 12.6. The molecule has 0 aliphatic carbocycles. The summed E-state index contributed by atoms with van der Waals surface area (Å²) in [6, 6.07) is 12.5. The monoisotopic (exact) mass is 283 g/mol. The van der Waals surface area contributed by atoms with Crippen molar-refractivity contribution in [3.63, 3.8) is 0 Å². The number of fused-ring (bicyclic) bond motifs is 1. The van der Waals surface area contributed by atoms with Gasteiger partial charge in [-0.15, -0.1) is 0 Å². The smallest absolute Gasteiger partial charge is 0.166 e. The van der Waals surface area contributed by atoms with Gasteiger partial charge >= 0.3 is 0 Å². The van der Waals surface area contributed by atoms with Gasteiger partial charge in [0.2, 0.25) is 0 Å². The lowest BCUT2D eigenvalue weighted by atomic mass is 10.1. The van der Waals surface area contributed by atoms with Crippen molar-refractivity contribution in [2.24, 2.45) is 0 Å². The summed E-state index contributed by atoms with van der Waals surface area (Å²) in [5.74, 6) is 1.74. The van der Waals surface area contributed by atoms with Gasteiger partial charge in [-0.05, 0) is 31.5 Å². The molecule has 3 nitrogen and oxygen atoms in total. The first-order valence-corrected chi connectivity index (χ1v) is 7.42. The number of ether oxygens (including phenoxy) is 2. The van der Waals surface area contributed by atoms with E-state index >= 15 is 0 Å². The van der Waals surface area contributed by atoms with Crippen LogP contribution in [0.25, 0.3) is 0 Å². The van der Waals surface area contributed by atoms with E-state index in [1.54, 1.807) is 0 Å². The second-order valence-electron chi connectivity index (χ2n) is 5.47. The maximum Gasteiger partial charge on any atom is 0.166 e. The van der Waals surface area contributed by atoms with E-state index in [9.17, 15) is 0 Å². The van der Waals surface area contributed by atoms with Gasteiger partial charge in [-0.25, -0.2) is 0 Å². The second kappa shape index (κ2) is 6.08. The van der Waals surface area contributed by atoms with Gasteiger partial charge < -0.3 is 14.8 Å². The molecule has 1 heterocycles. The normalized spacial score (nSPS) is 13.6. The molecule has 0 saturated heterocycles. The third-order valence-electron chi connectivity index (χ3n) is 3.70. The van der Waals surface area contributed by atoms with Crippen LogP contribution in [0.4, 0.5) is 5.69 Å². The van der Waals surface area contributed by atoms with E-state index in [1.165, 1.54) is 11.1 Å². The zero-order chi connectivity index (χ0) is 14.7. The number of rotatable bonds is 3. The molecule has 110 valence electrons. The molecular weight excluding hydrogens is 262 g/mol. The lowest BCUT2D eigenvalue weighted by Crippen LogP contribution is -2.04. The van der Waals surface area contributed by atoms with Crippen molar-refractivity contribution in [3.8, 4) is 11.5 Å². The lowest BCUT2D eigenvalue weighted by Gasteiger charge is -2.15. The Kier molecular flexibility index (Phi) is 4.00. The fourth-order valence-corrected chi connectivity index (χ4v) is 2.60. The first-order valence-electron chi connectivity index (χ1n) is 7.42. The van der Waals surface area contributed by atoms with Crippen LogP contribution in [0, 0.1) is 13.8 Å². The average molecular weight is 283 g/mol. The van der Waals surface area contributed by atoms with E-state index in [1.807, 2.05) is 12.1 Å². The SMILES string of the molecule is Cc1ccc(NCc2cccc3c2OCCCO3)c(C)c1. The molecule has 2 aromatic carbocycles. The molecule has 21 heavy (non-hydrogen) atoms. The third kappa shape index (κ3) is 3.13. The van der Waals surface area contributed by atoms with Crippen molar-refractivity contribution < 1.29 is 9.47 Å². The molecule has 1 aliphatic rings. The number of hydrogen-bond donors (Lipinski definition) is 1. The van der Waals surface area contributed by atoms with Crippen LogP contribution in [0.2, 0.25) is 0 Å². The molecule has 2 aromatic rings. The molecule has 0 fully saturated rings. The van der Waals surface area contributed by atoms with E-state index < -0.39 is 0 Å². The predicted molar refractivity (Wildman–Crippen MR) is 85.3 cm³/mol. The topological polar surface area (TPSA) is 30.5 Å². The minimum Gasteiger partial charge on any atom is -0.490 e. The van der Waals surface area contributed by atoms with Crippen molar-refractivity contribution in [2.75, 3.05) is 18.5 Å². The van der Waals surface area contributed by atoms with Gasteiger partial charge in [-0.3, -0.25) is 0 Å². The Morgan fingerprint density at radius 2 is 1.90 bits per heavy atom. The van der Waals surface area contributed by atoms with Gasteiger partial charge in [0.05, 0.1) is 13.2 Å². The van der Waals surface area contributed by atoms with Crippen molar-refractivity contribution in [2.45, 2.75) is 26.8 Å². The Balaban J connectivity index is 1.79. The molecule has 0 unspecified atom stereocenters. The fraction of sp³-hybridized carbons (Fsp3) is 0.333. The summed E-state index contributed by atoms with van der Waals surface area (Å²) < 4.78 is 11.6. The summed E-state index contributed by atoms with van der Waals surface area (Å²) in [4.78, 5) is 0. The molecular formula is C18H21NO2. The lowest BCUT2D eigenvalue weighted by molar-refractivity contribution is 0.296. The highest BCUT2D eigenvalue weighted by Crippen LogP contribution is 2.33. The molecule has 0 spiro atoms. The maximum atomic E-state index is 5.85. The summed E-state index contributed by atoms with van der Waals surface area (Å²) in [5, 5.41) is 3.49. The summed E-state index contributed by atoms with van der Waals surface area (Å²) in [5.41, 5.74) is 4.83. The Labute approximate surface area is 125 Å². The van der Waals surface area contributed by atoms with Gasteiger partial charge in [0.15, 0.2) is 11.5 Å². The minimum atomic E-state index is 0.716. The number of nitrogens with one attached hydrogen (secondary N) is 1. The number of aryl methyl sites for hydroxylation is 2. The van der Waals surface area contributed by atoms with Crippen LogP contribution in [0.1, 0.15) is 23.1 Å². The standard InChI is InChI=1S/C18H21NO2/c1-13-7-8-16(14(2)11-13)19-12-15-5-3-6-17-18(15)21-10-4-9-20-17/h3,5-8,11,19H,4,9-10,12H2,1-2H3. The molecule has 1 aliphatic heterocycles. The average Bonchev–Trinajstić information content (AvgIpc) is 2.72. The zero-order valence-corrected chi connectivity index (χ0v) is 12.6. The number of anilines is 1. The molecule has 0 saturated carbocycles. The Bertz CT molecular complexity index is 637. The van der Waals surface area contributed by atoms with Crippen LogP contribution in [-0.4, -0.2) is 13.2 Å². The van der Waals surface area contributed by atoms with Crippen LogP contribution >= 0.6 is 0 Å². The molecule has 0 atom stereocenters. The second-order valence-corrected chi connectivity index (χ2v) is 5.47. The van der Waals surface area contributed by atoms with Crippen molar-refractivity contribution in [3.05, 3.63) is 53.1 Å². The van der Waals surface area contributed by atoms with Gasteiger partial charge in [-0.2, -0.15) is 0 Å². The Morgan fingerprint density at radius 3 is 2.76 bits per heavy atom. The highest BCUT2D eigenvalue weighted by atomic mass is 16.5. The van der Waals surface area contributed by atoms with Crippen molar-refractivity contribution in [1.29, 1.82) is 0 Å². The van der Waals surface area contributed by atoms with Gasteiger partial charge in [0.1, 0.15) is 0 Å². The van der Waals surface area contributed by atoms with Crippen molar-refractivity contribution >= 4 is 5.69 Å². The van der Waals surface area contributed by atoms with Gasteiger partial charge in [0.25, 0.3) is 0 Å². The van der Waals surface area contributed by atoms with Crippen LogP contribution in [0.3, 0.4) is 0 Å². The molecule has 1 N–H and O–H groups in total. The van der Waals surface area contributed by atoms with Gasteiger partial charge in [-0.1, -0.05) is 29.8 Å². The van der Waals surface area contributed by atoms with Crippen LogP contribution in [0.15, 0.2) is 36.4 Å². The highest BCUT2D eigenvalue weighted by Gasteiger charge is 2.14. The Hall–Kier alpha value is -2.16. The van der Waals surface area contributed by atoms with E-state index in [2.05, 4.69) is 43.4 Å². The number of hydrogen-bond acceptors (Lipinski definition) is 3. The summed E-state index contributed by atoms with van der Waals surface area (Å²) in [7, 11) is 0. The number of benzene rings is 2. The van der Waals surface area contributed by atoms with Gasteiger partial charge in [0, 0.05) is 24.2 Å². The molecule has 3 heteroatoms. The van der Waals surface area contributed by atoms with Crippen LogP contribution in [-0.2, 0) is 6.54 Å². The van der Waals surface area contributed by atoms with Crippen molar-refractivity contribution in [1.82, 2.24) is 0 Å². The first-order chi connectivity index (χ1) is 10.2. The third-order valence-corrected chi connectivity index (χ3v) is 3.70. The largest absolute Gasteiger partial charge is 0.490 e. The predicted octanol–water partition coefficient (Wildman–Crippen LogP) is 4.08. The van der Waals surface area contributed by atoms with E-state index in [4.69, 9.17) is 9.47 Å². The van der Waals surface area contributed by atoms with Crippen LogP contribution < -0.4 is 14.8 Å². The van der Waals surface area contributed by atoms with E-state index in [0.717, 1.165) is 42.3 Å². The first kappa shape index (κ1) is 13.8. The quantitative estimate of drug-likeness (QED) is 0.920. The number of para-hydroxylation sites is 1. The molecule has 0 bridgehead atoms. The fourth-order valence-electron chi connectivity index (χ4n) is 2.60. The maximum absolute atomic E-state index is 5.85. The summed E-state index contributed by atoms with van der Waals surface area (Å²) in [6.07, 6.45) is 0.929. The molecule has 3 rings (SSSR count). The summed E-state index contributed by atoms with van der Waals surface area (Å²) >= 11 is 0. The Morgan fingerprint density at radius 1 is 1.05 bits per heavy atom. The van der Waals surface area contributed by atoms with E-state index in [0.29, 0.717) is 6.61 Å². The molecule has 0 aromatic heterocycles. The molecule has 0 amide bonds.